The van der Waals surface area contributed by atoms with E-state index in [0.29, 0.717) is 18.8 Å². The standard InChI is InChI=1S/C13H19N3O4S/c1-9-11(13(17)18)6-7-16(9)12-5-4-10(8-14-12)21(19,20)15(2)3/h4-5,8-9,11H,6-7H2,1-3H3,(H,17,18). The highest BCUT2D eigenvalue weighted by Gasteiger charge is 2.36. The van der Waals surface area contributed by atoms with Crippen molar-refractivity contribution in [3.05, 3.63) is 18.3 Å². The Bertz CT molecular complexity index is 627. The van der Waals surface area contributed by atoms with Crippen molar-refractivity contribution in [2.45, 2.75) is 24.3 Å². The first kappa shape index (κ1) is 15.7. The third-order valence-electron chi connectivity index (χ3n) is 3.87. The van der Waals surface area contributed by atoms with Crippen molar-refractivity contribution in [1.29, 1.82) is 0 Å². The predicted molar refractivity (Wildman–Crippen MR) is 77.7 cm³/mol. The van der Waals surface area contributed by atoms with Gasteiger partial charge in [0.1, 0.15) is 10.7 Å². The molecule has 21 heavy (non-hydrogen) atoms. The molecule has 2 rings (SSSR count). The number of rotatable bonds is 4. The minimum atomic E-state index is -3.50. The second-order valence-corrected chi connectivity index (χ2v) is 7.46. The number of carboxylic acids is 1. The molecular weight excluding hydrogens is 294 g/mol. The smallest absolute Gasteiger partial charge is 0.308 e. The third kappa shape index (κ3) is 2.86. The van der Waals surface area contributed by atoms with Gasteiger partial charge in [-0.2, -0.15) is 0 Å². The van der Waals surface area contributed by atoms with Crippen LogP contribution in [0.15, 0.2) is 23.2 Å². The lowest BCUT2D eigenvalue weighted by Crippen LogP contribution is -2.33. The summed E-state index contributed by atoms with van der Waals surface area (Å²) in [6.07, 6.45) is 1.88. The Morgan fingerprint density at radius 3 is 2.52 bits per heavy atom. The molecule has 1 aromatic heterocycles. The topological polar surface area (TPSA) is 90.8 Å². The molecule has 1 N–H and O–H groups in total. The van der Waals surface area contributed by atoms with E-state index in [1.807, 2.05) is 11.8 Å². The second-order valence-electron chi connectivity index (χ2n) is 5.31. The number of hydrogen-bond donors (Lipinski definition) is 1. The first-order valence-corrected chi connectivity index (χ1v) is 8.07. The summed E-state index contributed by atoms with van der Waals surface area (Å²) in [5.74, 6) is -0.627. The lowest BCUT2D eigenvalue weighted by Gasteiger charge is -2.24. The highest BCUT2D eigenvalue weighted by Crippen LogP contribution is 2.29. The normalized spacial score (nSPS) is 22.8. The van der Waals surface area contributed by atoms with Crippen molar-refractivity contribution in [2.24, 2.45) is 5.92 Å². The van der Waals surface area contributed by atoms with Gasteiger partial charge in [-0.25, -0.2) is 17.7 Å². The fourth-order valence-corrected chi connectivity index (χ4v) is 3.35. The molecule has 0 bridgehead atoms. The van der Waals surface area contributed by atoms with Gasteiger partial charge in [-0.05, 0) is 25.5 Å². The number of pyridine rings is 1. The molecule has 2 heterocycles. The van der Waals surface area contributed by atoms with Crippen LogP contribution in [0.5, 0.6) is 0 Å². The minimum absolute atomic E-state index is 0.123. The van der Waals surface area contributed by atoms with Crippen LogP contribution in [-0.2, 0) is 14.8 Å². The molecule has 2 unspecified atom stereocenters. The van der Waals surface area contributed by atoms with E-state index in [4.69, 9.17) is 5.11 Å². The number of aromatic nitrogens is 1. The van der Waals surface area contributed by atoms with E-state index in [0.717, 1.165) is 4.31 Å². The average Bonchev–Trinajstić information content (AvgIpc) is 2.80. The fraction of sp³-hybridized carbons (Fsp3) is 0.538. The molecule has 0 amide bonds. The van der Waals surface area contributed by atoms with Crippen LogP contribution in [-0.4, -0.2) is 55.5 Å². The first-order valence-electron chi connectivity index (χ1n) is 6.63. The van der Waals surface area contributed by atoms with E-state index in [-0.39, 0.29) is 10.9 Å². The van der Waals surface area contributed by atoms with E-state index in [9.17, 15) is 13.2 Å². The van der Waals surface area contributed by atoms with Gasteiger partial charge in [-0.15, -0.1) is 0 Å². The van der Waals surface area contributed by atoms with E-state index in [2.05, 4.69) is 4.98 Å². The molecule has 7 nitrogen and oxygen atoms in total. The van der Waals surface area contributed by atoms with Gasteiger partial charge in [0, 0.05) is 32.9 Å². The summed E-state index contributed by atoms with van der Waals surface area (Å²) in [7, 11) is -0.574. The molecule has 8 heteroatoms. The van der Waals surface area contributed by atoms with Crippen LogP contribution in [0.25, 0.3) is 0 Å². The van der Waals surface area contributed by atoms with E-state index >= 15 is 0 Å². The molecular formula is C13H19N3O4S. The van der Waals surface area contributed by atoms with Gasteiger partial charge in [0.05, 0.1) is 5.92 Å². The summed E-state index contributed by atoms with van der Waals surface area (Å²) in [5.41, 5.74) is 0. The van der Waals surface area contributed by atoms with Gasteiger partial charge in [0.15, 0.2) is 0 Å². The lowest BCUT2D eigenvalue weighted by atomic mass is 10.0. The van der Waals surface area contributed by atoms with Crippen LogP contribution < -0.4 is 4.90 Å². The van der Waals surface area contributed by atoms with Crippen molar-refractivity contribution < 1.29 is 18.3 Å². The number of carbonyl (C=O) groups is 1. The Balaban J connectivity index is 2.23. The molecule has 0 saturated carbocycles. The maximum Gasteiger partial charge on any atom is 0.308 e. The largest absolute Gasteiger partial charge is 0.481 e. The Morgan fingerprint density at radius 1 is 1.43 bits per heavy atom. The molecule has 1 aliphatic heterocycles. The van der Waals surface area contributed by atoms with Crippen LogP contribution in [0.1, 0.15) is 13.3 Å². The zero-order valence-corrected chi connectivity index (χ0v) is 13.0. The third-order valence-corrected chi connectivity index (χ3v) is 5.66. The zero-order chi connectivity index (χ0) is 15.8. The molecule has 1 fully saturated rings. The Labute approximate surface area is 124 Å². The Hall–Kier alpha value is -1.67. The van der Waals surface area contributed by atoms with Crippen LogP contribution in [0, 0.1) is 5.92 Å². The Kier molecular flexibility index (Phi) is 4.20. The van der Waals surface area contributed by atoms with Gasteiger partial charge in [-0.1, -0.05) is 0 Å². The average molecular weight is 313 g/mol. The summed E-state index contributed by atoms with van der Waals surface area (Å²) in [5, 5.41) is 9.13. The molecule has 0 spiro atoms. The minimum Gasteiger partial charge on any atom is -0.481 e. The first-order chi connectivity index (χ1) is 9.75. The molecule has 116 valence electrons. The zero-order valence-electron chi connectivity index (χ0n) is 12.2. The lowest BCUT2D eigenvalue weighted by molar-refractivity contribution is -0.141. The van der Waals surface area contributed by atoms with Gasteiger partial charge in [0.2, 0.25) is 10.0 Å². The van der Waals surface area contributed by atoms with Crippen LogP contribution in [0.4, 0.5) is 5.82 Å². The number of anilines is 1. The number of carboxylic acid groups (broad SMARTS) is 1. The maximum absolute atomic E-state index is 12.0. The summed E-state index contributed by atoms with van der Waals surface area (Å²) in [4.78, 5) is 17.3. The molecule has 1 saturated heterocycles. The van der Waals surface area contributed by atoms with Gasteiger partial charge in [0.25, 0.3) is 0 Å². The molecule has 0 aliphatic carbocycles. The Morgan fingerprint density at radius 2 is 2.10 bits per heavy atom. The van der Waals surface area contributed by atoms with Gasteiger partial charge in [-0.3, -0.25) is 4.79 Å². The van der Waals surface area contributed by atoms with Crippen molar-refractivity contribution >= 4 is 21.8 Å². The van der Waals surface area contributed by atoms with Crippen molar-refractivity contribution in [2.75, 3.05) is 25.5 Å². The fourth-order valence-electron chi connectivity index (χ4n) is 2.50. The maximum atomic E-state index is 12.0. The van der Waals surface area contributed by atoms with E-state index in [1.54, 1.807) is 6.07 Å². The summed E-state index contributed by atoms with van der Waals surface area (Å²) in [6, 6.07) is 2.96. The van der Waals surface area contributed by atoms with Gasteiger partial charge < -0.3 is 10.0 Å². The molecule has 1 aromatic rings. The van der Waals surface area contributed by atoms with Crippen molar-refractivity contribution in [3.63, 3.8) is 0 Å². The van der Waals surface area contributed by atoms with Crippen LogP contribution in [0.3, 0.4) is 0 Å². The number of sulfonamides is 1. The highest BCUT2D eigenvalue weighted by atomic mass is 32.2. The molecule has 0 radical (unpaired) electrons. The quantitative estimate of drug-likeness (QED) is 0.877. The predicted octanol–water partition coefficient (Wildman–Crippen LogP) is 0.631. The SMILES string of the molecule is CC1C(C(=O)O)CCN1c1ccc(S(=O)(=O)N(C)C)cn1. The molecule has 2 atom stereocenters. The highest BCUT2D eigenvalue weighted by molar-refractivity contribution is 7.89. The molecule has 0 aromatic carbocycles. The van der Waals surface area contributed by atoms with Crippen molar-refractivity contribution in [1.82, 2.24) is 9.29 Å². The van der Waals surface area contributed by atoms with Crippen LogP contribution >= 0.6 is 0 Å². The van der Waals surface area contributed by atoms with E-state index < -0.39 is 21.9 Å². The summed E-state index contributed by atoms with van der Waals surface area (Å²) >= 11 is 0. The number of nitrogens with zero attached hydrogens (tertiary/aromatic N) is 3. The summed E-state index contributed by atoms with van der Waals surface area (Å²) < 4.78 is 25.1. The van der Waals surface area contributed by atoms with Gasteiger partial charge >= 0.3 is 5.97 Å². The summed E-state index contributed by atoms with van der Waals surface area (Å²) in [6.45, 7) is 2.45. The number of aliphatic carboxylic acids is 1. The number of hydrogen-bond acceptors (Lipinski definition) is 5. The van der Waals surface area contributed by atoms with E-state index in [1.165, 1.54) is 26.4 Å². The second kappa shape index (κ2) is 5.61. The molecule has 1 aliphatic rings. The monoisotopic (exact) mass is 313 g/mol. The van der Waals surface area contributed by atoms with Crippen LogP contribution in [0.2, 0.25) is 0 Å². The van der Waals surface area contributed by atoms with Crippen molar-refractivity contribution in [3.8, 4) is 0 Å².